The van der Waals surface area contributed by atoms with E-state index >= 15 is 0 Å². The largest absolute Gasteiger partial charge is 0.508 e. The van der Waals surface area contributed by atoms with Gasteiger partial charge in [-0.2, -0.15) is 0 Å². The molecule has 150 valence electrons. The molecule has 0 unspecified atom stereocenters. The van der Waals surface area contributed by atoms with E-state index in [2.05, 4.69) is 5.32 Å². The number of hydrogen-bond acceptors (Lipinski definition) is 6. The molecule has 29 heavy (non-hydrogen) atoms. The Kier molecular flexibility index (Phi) is 4.62. The van der Waals surface area contributed by atoms with Crippen molar-refractivity contribution in [2.24, 2.45) is 11.8 Å². The summed E-state index contributed by atoms with van der Waals surface area (Å²) in [6.45, 7) is 1.85. The predicted molar refractivity (Wildman–Crippen MR) is 103 cm³/mol. The van der Waals surface area contributed by atoms with E-state index < -0.39 is 35.3 Å². The number of likely N-dealkylation sites (tertiary alicyclic amines) is 1. The Bertz CT molecular complexity index is 959. The molecule has 2 amide bonds. The minimum absolute atomic E-state index is 0.0916. The number of ether oxygens (including phenoxy) is 1. The highest BCUT2D eigenvalue weighted by molar-refractivity contribution is 6.09. The van der Waals surface area contributed by atoms with Crippen LogP contribution in [0.4, 0.5) is 0 Å². The number of rotatable bonds is 4. The molecule has 0 bridgehead atoms. The van der Waals surface area contributed by atoms with Gasteiger partial charge in [0.1, 0.15) is 5.75 Å². The third-order valence-electron chi connectivity index (χ3n) is 5.86. The number of esters is 1. The summed E-state index contributed by atoms with van der Waals surface area (Å²) in [7, 11) is 1.44. The van der Waals surface area contributed by atoms with Crippen molar-refractivity contribution in [3.63, 3.8) is 0 Å². The maximum absolute atomic E-state index is 13.3. The molecule has 7 heteroatoms. The van der Waals surface area contributed by atoms with Gasteiger partial charge in [-0.15, -0.1) is 0 Å². The number of amides is 2. The van der Waals surface area contributed by atoms with Crippen molar-refractivity contribution in [3.05, 3.63) is 65.7 Å². The van der Waals surface area contributed by atoms with Crippen LogP contribution in [0.3, 0.4) is 0 Å². The number of hydrogen-bond donors (Lipinski definition) is 2. The fourth-order valence-electron chi connectivity index (χ4n) is 4.54. The van der Waals surface area contributed by atoms with Crippen molar-refractivity contribution >= 4 is 17.8 Å². The van der Waals surface area contributed by atoms with Crippen molar-refractivity contribution in [1.29, 1.82) is 0 Å². The number of imide groups is 1. The van der Waals surface area contributed by atoms with Crippen molar-refractivity contribution in [3.8, 4) is 5.75 Å². The highest BCUT2D eigenvalue weighted by Crippen LogP contribution is 2.53. The lowest BCUT2D eigenvalue weighted by Gasteiger charge is -2.33. The van der Waals surface area contributed by atoms with E-state index in [1.807, 2.05) is 6.07 Å². The average Bonchev–Trinajstić information content (AvgIpc) is 3.20. The molecule has 4 rings (SSSR count). The summed E-state index contributed by atoms with van der Waals surface area (Å²) >= 11 is 0. The van der Waals surface area contributed by atoms with Gasteiger partial charge in [-0.25, -0.2) is 4.79 Å². The normalized spacial score (nSPS) is 28.5. The van der Waals surface area contributed by atoms with Gasteiger partial charge in [0.25, 0.3) is 0 Å². The third kappa shape index (κ3) is 2.73. The van der Waals surface area contributed by atoms with Crippen LogP contribution in [-0.2, 0) is 24.7 Å². The molecule has 2 heterocycles. The van der Waals surface area contributed by atoms with Gasteiger partial charge in [-0.3, -0.25) is 19.8 Å². The van der Waals surface area contributed by atoms with Crippen LogP contribution in [0.1, 0.15) is 24.1 Å². The number of carbonyl (C=O) groups is 3. The fourth-order valence-corrected chi connectivity index (χ4v) is 4.54. The number of fused-ring (bicyclic) bond motifs is 1. The standard InChI is InChI=1S/C22H22N2O5/c1-3-29-21(28)22(14-7-5-4-6-8-14)17-16(19(26)24(2)20(17)27)18(23-22)13-9-11-15(25)12-10-13/h4-12,16-18,23,25H,3H2,1-2H3/t16-,17-,18-,22+/m0/s1. The molecular weight excluding hydrogens is 372 g/mol. The number of phenols is 1. The van der Waals surface area contributed by atoms with Gasteiger partial charge in [0.05, 0.1) is 18.4 Å². The molecule has 2 aliphatic rings. The first-order chi connectivity index (χ1) is 13.9. The van der Waals surface area contributed by atoms with E-state index in [9.17, 15) is 19.5 Å². The second kappa shape index (κ2) is 7.00. The third-order valence-corrected chi connectivity index (χ3v) is 5.86. The van der Waals surface area contributed by atoms with E-state index in [0.717, 1.165) is 4.90 Å². The maximum Gasteiger partial charge on any atom is 0.331 e. The lowest BCUT2D eigenvalue weighted by atomic mass is 9.75. The molecule has 7 nitrogen and oxygen atoms in total. The molecule has 2 N–H and O–H groups in total. The van der Waals surface area contributed by atoms with Gasteiger partial charge in [-0.05, 0) is 30.2 Å². The SMILES string of the molecule is CCOC(=O)[C@]1(c2ccccc2)N[C@@H](c2ccc(O)cc2)[C@H]2C(=O)N(C)C(=O)[C@H]21. The second-order valence-corrected chi connectivity index (χ2v) is 7.35. The van der Waals surface area contributed by atoms with Gasteiger partial charge in [0, 0.05) is 13.1 Å². The molecule has 0 saturated carbocycles. The van der Waals surface area contributed by atoms with Crippen LogP contribution in [0.25, 0.3) is 0 Å². The topological polar surface area (TPSA) is 95.9 Å². The molecule has 0 aliphatic carbocycles. The number of phenolic OH excluding ortho intramolecular Hbond substituents is 1. The summed E-state index contributed by atoms with van der Waals surface area (Å²) in [6, 6.07) is 14.7. The molecule has 2 aromatic carbocycles. The number of nitrogens with zero attached hydrogens (tertiary/aromatic N) is 1. The summed E-state index contributed by atoms with van der Waals surface area (Å²) in [5.74, 6) is -2.94. The Labute approximate surface area is 168 Å². The van der Waals surface area contributed by atoms with Crippen molar-refractivity contribution < 1.29 is 24.2 Å². The van der Waals surface area contributed by atoms with Crippen molar-refractivity contribution in [2.75, 3.05) is 13.7 Å². The van der Waals surface area contributed by atoms with Crippen molar-refractivity contribution in [1.82, 2.24) is 10.2 Å². The Hall–Kier alpha value is -3.19. The molecule has 0 radical (unpaired) electrons. The molecule has 2 fully saturated rings. The Morgan fingerprint density at radius 3 is 2.38 bits per heavy atom. The van der Waals surface area contributed by atoms with Gasteiger partial charge >= 0.3 is 5.97 Å². The molecular formula is C22H22N2O5. The van der Waals surface area contributed by atoms with E-state index in [4.69, 9.17) is 4.74 Å². The quantitative estimate of drug-likeness (QED) is 0.606. The minimum Gasteiger partial charge on any atom is -0.508 e. The van der Waals surface area contributed by atoms with Crippen LogP contribution >= 0.6 is 0 Å². The maximum atomic E-state index is 13.3. The summed E-state index contributed by atoms with van der Waals surface area (Å²) in [5.41, 5.74) is -0.204. The highest BCUT2D eigenvalue weighted by Gasteiger charge is 2.69. The fraction of sp³-hybridized carbons (Fsp3) is 0.318. The first-order valence-electron chi connectivity index (χ1n) is 9.52. The number of carbonyl (C=O) groups excluding carboxylic acids is 3. The first-order valence-corrected chi connectivity index (χ1v) is 9.52. The number of benzene rings is 2. The monoisotopic (exact) mass is 394 g/mol. The van der Waals surface area contributed by atoms with Crippen LogP contribution in [-0.4, -0.2) is 41.4 Å². The molecule has 0 spiro atoms. The first kappa shape index (κ1) is 19.1. The summed E-state index contributed by atoms with van der Waals surface area (Å²) < 4.78 is 5.39. The van der Waals surface area contributed by atoms with Gasteiger partial charge < -0.3 is 9.84 Å². The highest BCUT2D eigenvalue weighted by atomic mass is 16.5. The van der Waals surface area contributed by atoms with Gasteiger partial charge in [0.2, 0.25) is 11.8 Å². The van der Waals surface area contributed by atoms with Crippen LogP contribution < -0.4 is 5.32 Å². The van der Waals surface area contributed by atoms with Gasteiger partial charge in [-0.1, -0.05) is 42.5 Å². The molecule has 2 aromatic rings. The number of nitrogens with one attached hydrogen (secondary N) is 1. The molecule has 2 saturated heterocycles. The number of aromatic hydroxyl groups is 1. The average molecular weight is 394 g/mol. The predicted octanol–water partition coefficient (Wildman–Crippen LogP) is 1.73. The zero-order valence-corrected chi connectivity index (χ0v) is 16.2. The smallest absolute Gasteiger partial charge is 0.331 e. The zero-order chi connectivity index (χ0) is 20.8. The van der Waals surface area contributed by atoms with Crippen LogP contribution in [0.2, 0.25) is 0 Å². The van der Waals surface area contributed by atoms with Crippen LogP contribution in [0.5, 0.6) is 5.75 Å². The zero-order valence-electron chi connectivity index (χ0n) is 16.2. The summed E-state index contributed by atoms with van der Waals surface area (Å²) in [6.07, 6.45) is 0. The van der Waals surface area contributed by atoms with Gasteiger partial charge in [0.15, 0.2) is 5.54 Å². The Balaban J connectivity index is 1.93. The molecule has 0 aromatic heterocycles. The lowest BCUT2D eigenvalue weighted by molar-refractivity contribution is -0.156. The van der Waals surface area contributed by atoms with E-state index in [1.54, 1.807) is 43.3 Å². The summed E-state index contributed by atoms with van der Waals surface area (Å²) in [5, 5.41) is 12.9. The molecule has 2 aliphatic heterocycles. The second-order valence-electron chi connectivity index (χ2n) is 7.35. The van der Waals surface area contributed by atoms with E-state index in [-0.39, 0.29) is 18.3 Å². The minimum atomic E-state index is -1.48. The Morgan fingerprint density at radius 1 is 1.10 bits per heavy atom. The molecule has 4 atom stereocenters. The Morgan fingerprint density at radius 2 is 1.76 bits per heavy atom. The lowest BCUT2D eigenvalue weighted by Crippen LogP contribution is -2.53. The van der Waals surface area contributed by atoms with Crippen molar-refractivity contribution in [2.45, 2.75) is 18.5 Å². The van der Waals surface area contributed by atoms with Crippen LogP contribution in [0, 0.1) is 11.8 Å². The van der Waals surface area contributed by atoms with Crippen LogP contribution in [0.15, 0.2) is 54.6 Å². The van der Waals surface area contributed by atoms with E-state index in [1.165, 1.54) is 19.2 Å². The van der Waals surface area contributed by atoms with E-state index in [0.29, 0.717) is 11.1 Å². The summed E-state index contributed by atoms with van der Waals surface area (Å²) in [4.78, 5) is 40.5.